The van der Waals surface area contributed by atoms with Crippen molar-refractivity contribution >= 4 is 29.0 Å². The second-order valence-corrected chi connectivity index (χ2v) is 9.08. The summed E-state index contributed by atoms with van der Waals surface area (Å²) < 4.78 is 0. The van der Waals surface area contributed by atoms with Gasteiger partial charge in [0.2, 0.25) is 0 Å². The van der Waals surface area contributed by atoms with Crippen molar-refractivity contribution in [3.05, 3.63) is 77.1 Å². The van der Waals surface area contributed by atoms with Crippen molar-refractivity contribution in [1.82, 2.24) is 14.9 Å². The molecule has 32 heavy (non-hydrogen) atoms. The van der Waals surface area contributed by atoms with E-state index in [4.69, 9.17) is 0 Å². The number of likely N-dealkylation sites (N-methyl/N-ethyl adjacent to an activating group) is 1. The number of anilines is 2. The molecule has 0 bridgehead atoms. The summed E-state index contributed by atoms with van der Waals surface area (Å²) >= 11 is 1.55. The molecule has 0 spiro atoms. The molecule has 6 nitrogen and oxygen atoms in total. The van der Waals surface area contributed by atoms with Crippen LogP contribution in [0.3, 0.4) is 0 Å². The predicted octanol–water partition coefficient (Wildman–Crippen LogP) is 4.39. The highest BCUT2D eigenvalue weighted by Gasteiger charge is 2.19. The lowest BCUT2D eigenvalue weighted by molar-refractivity contribution is 0.102. The van der Waals surface area contributed by atoms with Crippen molar-refractivity contribution in [2.45, 2.75) is 24.8 Å². The maximum Gasteiger partial charge on any atom is 0.256 e. The summed E-state index contributed by atoms with van der Waals surface area (Å²) in [6.45, 7) is 7.88. The fourth-order valence-electron chi connectivity index (χ4n) is 3.86. The minimum absolute atomic E-state index is 0.0934. The largest absolute Gasteiger partial charge is 0.367 e. The molecule has 2 heterocycles. The number of hydrogen-bond donors (Lipinski definition) is 1. The smallest absolute Gasteiger partial charge is 0.256 e. The molecule has 1 aliphatic heterocycles. The fourth-order valence-corrected chi connectivity index (χ4v) is 4.81. The van der Waals surface area contributed by atoms with Gasteiger partial charge in [0.05, 0.1) is 11.4 Å². The van der Waals surface area contributed by atoms with E-state index in [-0.39, 0.29) is 5.91 Å². The number of nitrogens with one attached hydrogen (secondary N) is 1. The summed E-state index contributed by atoms with van der Waals surface area (Å²) in [5, 5.41) is 3.89. The molecule has 1 N–H and O–H groups in total. The van der Waals surface area contributed by atoms with Crippen LogP contribution in [0.2, 0.25) is 0 Å². The van der Waals surface area contributed by atoms with Crippen molar-refractivity contribution < 1.29 is 4.79 Å². The molecule has 3 aromatic rings. The van der Waals surface area contributed by atoms with Crippen molar-refractivity contribution in [2.75, 3.05) is 43.4 Å². The van der Waals surface area contributed by atoms with Gasteiger partial charge in [-0.25, -0.2) is 9.97 Å². The summed E-state index contributed by atoms with van der Waals surface area (Å²) in [6, 6.07) is 17.8. The van der Waals surface area contributed by atoms with E-state index >= 15 is 0 Å². The number of para-hydroxylation sites is 2. The van der Waals surface area contributed by atoms with Crippen molar-refractivity contribution in [1.29, 1.82) is 0 Å². The number of aryl methyl sites for hydroxylation is 2. The number of thioether (sulfide) groups is 1. The first-order chi connectivity index (χ1) is 15.5. The van der Waals surface area contributed by atoms with E-state index in [1.54, 1.807) is 11.8 Å². The minimum Gasteiger partial charge on any atom is -0.367 e. The number of hydrogen-bond acceptors (Lipinski definition) is 6. The lowest BCUT2D eigenvalue weighted by Gasteiger charge is -2.35. The van der Waals surface area contributed by atoms with Crippen LogP contribution in [0.4, 0.5) is 11.4 Å². The SMILES string of the molecule is Cc1cc(C)nc(SCc2ccccc2C(=O)Nc2ccccc2N2CCN(C)CC2)n1. The van der Waals surface area contributed by atoms with Gasteiger partial charge in [-0.15, -0.1) is 0 Å². The summed E-state index contributed by atoms with van der Waals surface area (Å²) in [4.78, 5) is 26.9. The van der Waals surface area contributed by atoms with E-state index in [0.717, 1.165) is 59.7 Å². The number of carbonyl (C=O) groups is 1. The molecule has 0 atom stereocenters. The first kappa shape index (κ1) is 22.3. The van der Waals surface area contributed by atoms with E-state index in [1.807, 2.05) is 62.4 Å². The third kappa shape index (κ3) is 5.47. The van der Waals surface area contributed by atoms with E-state index in [1.165, 1.54) is 0 Å². The number of rotatable bonds is 6. The molecule has 0 saturated carbocycles. The highest BCUT2D eigenvalue weighted by atomic mass is 32.2. The van der Waals surface area contributed by atoms with Gasteiger partial charge in [0.15, 0.2) is 5.16 Å². The van der Waals surface area contributed by atoms with Crippen LogP contribution in [0, 0.1) is 13.8 Å². The van der Waals surface area contributed by atoms with Crippen LogP contribution in [0.25, 0.3) is 0 Å². The zero-order valence-corrected chi connectivity index (χ0v) is 19.7. The second-order valence-electron chi connectivity index (χ2n) is 8.14. The molecule has 1 amide bonds. The fraction of sp³-hybridized carbons (Fsp3) is 0.320. The lowest BCUT2D eigenvalue weighted by atomic mass is 10.1. The average molecular weight is 448 g/mol. The summed E-state index contributed by atoms with van der Waals surface area (Å²) in [6.07, 6.45) is 0. The Morgan fingerprint density at radius 2 is 1.62 bits per heavy atom. The molecule has 1 aromatic heterocycles. The van der Waals surface area contributed by atoms with E-state index in [0.29, 0.717) is 11.3 Å². The van der Waals surface area contributed by atoms with E-state index in [9.17, 15) is 4.79 Å². The molecule has 1 saturated heterocycles. The van der Waals surface area contributed by atoms with Gasteiger partial charge in [0.1, 0.15) is 0 Å². The average Bonchev–Trinajstić information content (AvgIpc) is 2.78. The van der Waals surface area contributed by atoms with Gasteiger partial charge in [-0.1, -0.05) is 42.1 Å². The number of amides is 1. The van der Waals surface area contributed by atoms with Crippen molar-refractivity contribution in [3.8, 4) is 0 Å². The number of carbonyl (C=O) groups excluding carboxylic acids is 1. The van der Waals surface area contributed by atoms with Crippen molar-refractivity contribution in [2.24, 2.45) is 0 Å². The zero-order valence-electron chi connectivity index (χ0n) is 18.8. The molecule has 2 aromatic carbocycles. The Labute approximate surface area is 194 Å². The van der Waals surface area contributed by atoms with E-state index < -0.39 is 0 Å². The standard InChI is InChI=1S/C25H29N5OS/c1-18-16-19(2)27-25(26-18)32-17-20-8-4-5-9-21(20)24(31)28-22-10-6-7-11-23(22)30-14-12-29(3)13-15-30/h4-11,16H,12-15,17H2,1-3H3,(H,28,31). The Kier molecular flexibility index (Phi) is 7.07. The quantitative estimate of drug-likeness (QED) is 0.447. The van der Waals surface area contributed by atoms with Crippen molar-refractivity contribution in [3.63, 3.8) is 0 Å². The Hall–Kier alpha value is -2.90. The molecular formula is C25H29N5OS. The third-order valence-electron chi connectivity index (χ3n) is 5.58. The van der Waals surface area contributed by atoms with Crippen LogP contribution in [-0.4, -0.2) is 54.0 Å². The predicted molar refractivity (Wildman–Crippen MR) is 132 cm³/mol. The highest BCUT2D eigenvalue weighted by molar-refractivity contribution is 7.98. The first-order valence-electron chi connectivity index (χ1n) is 10.9. The molecule has 1 fully saturated rings. The Morgan fingerprint density at radius 1 is 0.969 bits per heavy atom. The molecule has 0 unspecified atom stereocenters. The van der Waals surface area contributed by atoms with E-state index in [2.05, 4.69) is 38.2 Å². The monoisotopic (exact) mass is 447 g/mol. The van der Waals surface area contributed by atoms with Crippen LogP contribution in [0.1, 0.15) is 27.3 Å². The summed E-state index contributed by atoms with van der Waals surface area (Å²) in [5.74, 6) is 0.538. The number of benzene rings is 2. The number of piperazine rings is 1. The number of aromatic nitrogens is 2. The number of nitrogens with zero attached hydrogens (tertiary/aromatic N) is 4. The molecule has 4 rings (SSSR count). The second kappa shape index (κ2) is 10.1. The lowest BCUT2D eigenvalue weighted by Crippen LogP contribution is -2.44. The first-order valence-corrected chi connectivity index (χ1v) is 11.8. The Balaban J connectivity index is 1.50. The highest BCUT2D eigenvalue weighted by Crippen LogP contribution is 2.28. The molecule has 1 aliphatic rings. The maximum absolute atomic E-state index is 13.3. The zero-order chi connectivity index (χ0) is 22.5. The van der Waals surface area contributed by atoms with Crippen LogP contribution in [0.5, 0.6) is 0 Å². The van der Waals surface area contributed by atoms with Gasteiger partial charge in [0.25, 0.3) is 5.91 Å². The van der Waals surface area contributed by atoms with Crippen LogP contribution in [0.15, 0.2) is 59.8 Å². The van der Waals surface area contributed by atoms with Gasteiger partial charge in [-0.2, -0.15) is 0 Å². The van der Waals surface area contributed by atoms with Crippen LogP contribution < -0.4 is 10.2 Å². The van der Waals surface area contributed by atoms with Crippen LogP contribution in [-0.2, 0) is 5.75 Å². The molecule has 7 heteroatoms. The Bertz CT molecular complexity index is 1070. The van der Waals surface area contributed by atoms with Gasteiger partial charge < -0.3 is 15.1 Å². The maximum atomic E-state index is 13.3. The summed E-state index contributed by atoms with van der Waals surface area (Å²) in [5.41, 5.74) is 5.47. The third-order valence-corrected chi connectivity index (χ3v) is 6.47. The van der Waals surface area contributed by atoms with Gasteiger partial charge >= 0.3 is 0 Å². The Morgan fingerprint density at radius 3 is 2.38 bits per heavy atom. The minimum atomic E-state index is -0.0934. The summed E-state index contributed by atoms with van der Waals surface area (Å²) in [7, 11) is 2.14. The van der Waals surface area contributed by atoms with Gasteiger partial charge in [-0.3, -0.25) is 4.79 Å². The van der Waals surface area contributed by atoms with Gasteiger partial charge in [0, 0.05) is 48.9 Å². The molecular weight excluding hydrogens is 418 g/mol. The van der Waals surface area contributed by atoms with Gasteiger partial charge in [-0.05, 0) is 50.7 Å². The van der Waals surface area contributed by atoms with Crippen LogP contribution >= 0.6 is 11.8 Å². The molecule has 0 radical (unpaired) electrons. The normalized spacial score (nSPS) is 14.4. The molecule has 0 aliphatic carbocycles. The molecule has 166 valence electrons. The topological polar surface area (TPSA) is 61.4 Å².